The Bertz CT molecular complexity index is 129. The molecular formula is C3H3ClN3O. The van der Waals surface area contributed by atoms with Crippen molar-refractivity contribution in [2.45, 2.75) is 5.88 Å². The molecule has 4 nitrogen and oxygen atoms in total. The monoisotopic (exact) mass is 132 g/mol. The second-order valence-electron chi connectivity index (χ2n) is 1.03. The summed E-state index contributed by atoms with van der Waals surface area (Å²) < 4.78 is 4.22. The zero-order valence-corrected chi connectivity index (χ0v) is 4.67. The molecule has 0 N–H and O–H groups in total. The van der Waals surface area contributed by atoms with Crippen LogP contribution in [-0.2, 0) is 5.88 Å². The van der Waals surface area contributed by atoms with Crippen LogP contribution in [0.25, 0.3) is 0 Å². The van der Waals surface area contributed by atoms with E-state index in [1.165, 1.54) is 6.20 Å². The predicted octanol–water partition coefficient (Wildman–Crippen LogP) is 0.328. The molecule has 0 atom stereocenters. The van der Waals surface area contributed by atoms with Crippen LogP contribution in [0.3, 0.4) is 0 Å². The van der Waals surface area contributed by atoms with E-state index in [4.69, 9.17) is 11.6 Å². The molecule has 1 aromatic rings. The van der Waals surface area contributed by atoms with Crippen LogP contribution >= 0.6 is 11.6 Å². The second-order valence-corrected chi connectivity index (χ2v) is 1.30. The summed E-state index contributed by atoms with van der Waals surface area (Å²) in [6.45, 7) is 0. The average molecular weight is 133 g/mol. The third-order valence-electron chi connectivity index (χ3n) is 0.544. The van der Waals surface area contributed by atoms with E-state index >= 15 is 0 Å². The number of alkyl halides is 1. The molecule has 0 fully saturated rings. The third kappa shape index (κ3) is 1.48. The van der Waals surface area contributed by atoms with Gasteiger partial charge in [-0.05, 0) is 0 Å². The number of rotatable bonds is 1. The lowest BCUT2D eigenvalue weighted by Gasteiger charge is -1.70. The van der Waals surface area contributed by atoms with Crippen molar-refractivity contribution in [1.29, 1.82) is 0 Å². The maximum Gasteiger partial charge on any atom is 0.119 e. The molecule has 0 aliphatic carbocycles. The van der Waals surface area contributed by atoms with Crippen molar-refractivity contribution in [3.8, 4) is 0 Å². The summed E-state index contributed by atoms with van der Waals surface area (Å²) in [4.78, 5) is 0. The van der Waals surface area contributed by atoms with E-state index in [9.17, 15) is 0 Å². The van der Waals surface area contributed by atoms with Crippen LogP contribution in [0.1, 0.15) is 5.69 Å². The Hall–Kier alpha value is -0.610. The van der Waals surface area contributed by atoms with Crippen molar-refractivity contribution >= 4 is 11.6 Å². The summed E-state index contributed by atoms with van der Waals surface area (Å²) >= 11 is 5.31. The molecule has 0 saturated carbocycles. The van der Waals surface area contributed by atoms with Crippen LogP contribution in [0.15, 0.2) is 10.8 Å². The van der Waals surface area contributed by atoms with Crippen molar-refractivity contribution in [1.82, 2.24) is 16.5 Å². The number of aromatic nitrogens is 2. The molecule has 0 aliphatic heterocycles. The van der Waals surface area contributed by atoms with Crippen LogP contribution in [0.4, 0.5) is 0 Å². The molecule has 0 amide bonds. The first kappa shape index (κ1) is 7.39. The number of hydrogen-bond donors (Lipinski definition) is 0. The molecule has 3 radical (unpaired) electrons. The molecular weight excluding hydrogens is 130 g/mol. The van der Waals surface area contributed by atoms with Gasteiger partial charge in [0.15, 0.2) is 0 Å². The van der Waals surface area contributed by atoms with Crippen molar-refractivity contribution in [3.05, 3.63) is 11.9 Å². The first-order chi connectivity index (χ1) is 3.43. The maximum absolute atomic E-state index is 5.31. The van der Waals surface area contributed by atoms with Gasteiger partial charge in [0.05, 0.1) is 12.1 Å². The first-order valence-corrected chi connectivity index (χ1v) is 2.29. The van der Waals surface area contributed by atoms with Crippen LogP contribution in [0.2, 0.25) is 0 Å². The quantitative estimate of drug-likeness (QED) is 0.517. The van der Waals surface area contributed by atoms with Crippen molar-refractivity contribution < 1.29 is 4.63 Å². The summed E-state index contributed by atoms with van der Waals surface area (Å²) in [6, 6.07) is 0. The Morgan fingerprint density at radius 2 is 2.50 bits per heavy atom. The molecule has 5 heteroatoms. The SMILES string of the molecule is ClCc1cnon1.[N]. The fourth-order valence-corrected chi connectivity index (χ4v) is 0.361. The normalized spacial score (nSPS) is 8.12. The van der Waals surface area contributed by atoms with E-state index in [2.05, 4.69) is 14.9 Å². The van der Waals surface area contributed by atoms with Gasteiger partial charge in [0.2, 0.25) is 0 Å². The van der Waals surface area contributed by atoms with Gasteiger partial charge in [0.1, 0.15) is 5.69 Å². The van der Waals surface area contributed by atoms with Crippen molar-refractivity contribution in [2.24, 2.45) is 0 Å². The highest BCUT2D eigenvalue weighted by atomic mass is 35.5. The minimum Gasteiger partial charge on any atom is -0.244 e. The van der Waals surface area contributed by atoms with Crippen LogP contribution in [0, 0.1) is 0 Å². The fourth-order valence-electron chi connectivity index (χ4n) is 0.243. The zero-order chi connectivity index (χ0) is 5.11. The maximum atomic E-state index is 5.31. The largest absolute Gasteiger partial charge is 0.244 e. The van der Waals surface area contributed by atoms with Crippen molar-refractivity contribution in [2.75, 3.05) is 0 Å². The highest BCUT2D eigenvalue weighted by Gasteiger charge is 1.89. The second kappa shape index (κ2) is 3.40. The molecule has 0 unspecified atom stereocenters. The minimum atomic E-state index is 0. The molecule has 1 rings (SSSR count). The van der Waals surface area contributed by atoms with Crippen LogP contribution in [-0.4, -0.2) is 10.3 Å². The van der Waals surface area contributed by atoms with Gasteiger partial charge in [-0.25, -0.2) is 4.63 Å². The molecule has 0 aliphatic rings. The Morgan fingerprint density at radius 3 is 2.75 bits per heavy atom. The molecule has 0 spiro atoms. The van der Waals surface area contributed by atoms with Gasteiger partial charge in [0, 0.05) is 6.15 Å². The summed E-state index contributed by atoms with van der Waals surface area (Å²) in [5.74, 6) is 0.365. The average Bonchev–Trinajstić information content (AvgIpc) is 2.14. The fraction of sp³-hybridized carbons (Fsp3) is 0.333. The van der Waals surface area contributed by atoms with Gasteiger partial charge in [0.25, 0.3) is 0 Å². The lowest BCUT2D eigenvalue weighted by Crippen LogP contribution is -1.70. The topological polar surface area (TPSA) is 69.4 Å². The lowest BCUT2D eigenvalue weighted by molar-refractivity contribution is 0.304. The highest BCUT2D eigenvalue weighted by molar-refractivity contribution is 6.16. The van der Waals surface area contributed by atoms with E-state index in [-0.39, 0.29) is 6.15 Å². The number of halogens is 1. The van der Waals surface area contributed by atoms with Gasteiger partial charge in [-0.1, -0.05) is 10.3 Å². The molecule has 0 bridgehead atoms. The van der Waals surface area contributed by atoms with Gasteiger partial charge in [-0.2, -0.15) is 0 Å². The summed E-state index contributed by atoms with van der Waals surface area (Å²) in [7, 11) is 0. The van der Waals surface area contributed by atoms with E-state index in [0.29, 0.717) is 11.6 Å². The predicted molar refractivity (Wildman–Crippen MR) is 26.0 cm³/mol. The van der Waals surface area contributed by atoms with Crippen LogP contribution < -0.4 is 6.15 Å². The highest BCUT2D eigenvalue weighted by Crippen LogP contribution is 1.93. The van der Waals surface area contributed by atoms with Gasteiger partial charge in [-0.3, -0.25) is 0 Å². The Kier molecular flexibility index (Phi) is 3.14. The molecule has 0 saturated heterocycles. The molecule has 8 heavy (non-hydrogen) atoms. The van der Waals surface area contributed by atoms with E-state index in [1.54, 1.807) is 0 Å². The number of hydrogen-bond acceptors (Lipinski definition) is 3. The van der Waals surface area contributed by atoms with E-state index in [1.807, 2.05) is 0 Å². The van der Waals surface area contributed by atoms with Gasteiger partial charge in [-0.15, -0.1) is 11.6 Å². The number of nitrogens with zero attached hydrogens (tertiary/aromatic N) is 3. The zero-order valence-electron chi connectivity index (χ0n) is 3.91. The lowest BCUT2D eigenvalue weighted by atomic mass is 10.6. The summed E-state index contributed by atoms with van der Waals surface area (Å²) in [5.41, 5.74) is 0.668. The third-order valence-corrected chi connectivity index (χ3v) is 0.818. The van der Waals surface area contributed by atoms with Gasteiger partial charge < -0.3 is 0 Å². The standard InChI is InChI=1S/C3H3ClN2O.N/c4-1-3-2-5-7-6-3;/h2H,1H2;. The molecule has 43 valence electrons. The van der Waals surface area contributed by atoms with Gasteiger partial charge >= 0.3 is 0 Å². The minimum absolute atomic E-state index is 0. The van der Waals surface area contributed by atoms with Crippen molar-refractivity contribution in [3.63, 3.8) is 0 Å². The summed E-state index contributed by atoms with van der Waals surface area (Å²) in [5, 5.41) is 6.74. The Balaban J connectivity index is 0.000000490. The summed E-state index contributed by atoms with van der Waals surface area (Å²) in [6.07, 6.45) is 1.48. The van der Waals surface area contributed by atoms with E-state index in [0.717, 1.165) is 0 Å². The first-order valence-electron chi connectivity index (χ1n) is 1.76. The molecule has 1 aromatic heterocycles. The molecule has 1 heterocycles. The Morgan fingerprint density at radius 1 is 1.75 bits per heavy atom. The Labute approximate surface area is 51.4 Å². The van der Waals surface area contributed by atoms with Crippen LogP contribution in [0.5, 0.6) is 0 Å². The smallest absolute Gasteiger partial charge is 0.119 e. The van der Waals surface area contributed by atoms with E-state index < -0.39 is 0 Å². The molecule has 0 aromatic carbocycles.